The van der Waals surface area contributed by atoms with Gasteiger partial charge in [0.2, 0.25) is 10.0 Å². The van der Waals surface area contributed by atoms with E-state index < -0.39 is 10.0 Å². The van der Waals surface area contributed by atoms with Gasteiger partial charge in [0.05, 0.1) is 4.90 Å². The predicted molar refractivity (Wildman–Crippen MR) is 100 cm³/mol. The summed E-state index contributed by atoms with van der Waals surface area (Å²) in [6.07, 6.45) is 6.63. The van der Waals surface area contributed by atoms with Crippen LogP contribution in [0.15, 0.2) is 23.1 Å². The number of hydrogen-bond acceptors (Lipinski definition) is 3. The molecule has 1 aliphatic carbocycles. The van der Waals surface area contributed by atoms with E-state index >= 15 is 0 Å². The molecule has 4 nitrogen and oxygen atoms in total. The highest BCUT2D eigenvalue weighted by Crippen LogP contribution is 2.24. The van der Waals surface area contributed by atoms with E-state index in [1.807, 2.05) is 12.1 Å². The molecule has 1 saturated heterocycles. The number of likely N-dealkylation sites (tertiary alicyclic amines) is 1. The van der Waals surface area contributed by atoms with Crippen LogP contribution in [0, 0.1) is 5.92 Å². The molecule has 136 valence electrons. The van der Waals surface area contributed by atoms with Crippen LogP contribution in [0.3, 0.4) is 0 Å². The van der Waals surface area contributed by atoms with Crippen molar-refractivity contribution in [1.29, 1.82) is 0 Å². The van der Waals surface area contributed by atoms with Gasteiger partial charge in [-0.3, -0.25) is 0 Å². The average Bonchev–Trinajstić information content (AvgIpc) is 3.01. The maximum absolute atomic E-state index is 12.4. The van der Waals surface area contributed by atoms with Gasteiger partial charge < -0.3 is 4.90 Å². The molecule has 0 radical (unpaired) electrons. The Labute approximate surface area is 152 Å². The monoisotopic (exact) mass is 372 g/mol. The number of halogens is 1. The quantitative estimate of drug-likeness (QED) is 0.781. The third-order valence-corrected chi connectivity index (χ3v) is 6.66. The molecule has 0 bridgehead atoms. The molecule has 1 heterocycles. The molecule has 1 aliphatic heterocycles. The van der Waals surface area contributed by atoms with Gasteiger partial charge in [0.1, 0.15) is 0 Å². The van der Waals surface area contributed by atoms with Crippen molar-refractivity contribution in [3.63, 3.8) is 0 Å². The fraction of sp³-hybridized carbons (Fsp3) is 0.667. The van der Waals surface area contributed by atoms with Gasteiger partial charge >= 0.3 is 0 Å². The van der Waals surface area contributed by atoms with Gasteiger partial charge in [-0.1, -0.05) is 13.0 Å². The smallest absolute Gasteiger partial charge is 0.240 e. The lowest BCUT2D eigenvalue weighted by Gasteiger charge is -2.30. The van der Waals surface area contributed by atoms with E-state index in [-0.39, 0.29) is 12.4 Å². The van der Waals surface area contributed by atoms with E-state index in [9.17, 15) is 8.42 Å². The zero-order chi connectivity index (χ0) is 16.3. The molecule has 0 atom stereocenters. The Morgan fingerprint density at radius 1 is 1.17 bits per heavy atom. The first-order chi connectivity index (χ1) is 11.0. The van der Waals surface area contributed by atoms with Gasteiger partial charge in [-0.15, -0.1) is 12.4 Å². The Morgan fingerprint density at radius 2 is 1.88 bits per heavy atom. The van der Waals surface area contributed by atoms with Crippen molar-refractivity contribution in [2.24, 2.45) is 5.92 Å². The predicted octanol–water partition coefficient (Wildman–Crippen LogP) is 3.00. The molecule has 6 heteroatoms. The first-order valence-corrected chi connectivity index (χ1v) is 10.4. The Balaban J connectivity index is 0.00000208. The zero-order valence-electron chi connectivity index (χ0n) is 14.5. The number of hydrogen-bond donors (Lipinski definition) is 1. The zero-order valence-corrected chi connectivity index (χ0v) is 16.1. The second kappa shape index (κ2) is 8.65. The van der Waals surface area contributed by atoms with E-state index in [4.69, 9.17) is 0 Å². The van der Waals surface area contributed by atoms with Crippen LogP contribution in [0.25, 0.3) is 0 Å². The SMILES string of the molecule is CC1CCN(CCCNS(=O)(=O)c2ccc3c(c2)CCC3)CC1.Cl. The summed E-state index contributed by atoms with van der Waals surface area (Å²) in [6, 6.07) is 5.58. The molecule has 3 rings (SSSR count). The maximum Gasteiger partial charge on any atom is 0.240 e. The molecule has 0 saturated carbocycles. The van der Waals surface area contributed by atoms with Gasteiger partial charge in [0.15, 0.2) is 0 Å². The van der Waals surface area contributed by atoms with Crippen LogP contribution in [0.4, 0.5) is 0 Å². The fourth-order valence-corrected chi connectivity index (χ4v) is 4.72. The van der Waals surface area contributed by atoms with Crippen molar-refractivity contribution in [1.82, 2.24) is 9.62 Å². The van der Waals surface area contributed by atoms with Gasteiger partial charge in [-0.05, 0) is 87.3 Å². The first-order valence-electron chi connectivity index (χ1n) is 8.88. The number of nitrogens with one attached hydrogen (secondary N) is 1. The topological polar surface area (TPSA) is 49.4 Å². The third-order valence-electron chi connectivity index (χ3n) is 5.20. The van der Waals surface area contributed by atoms with E-state index in [1.165, 1.54) is 24.0 Å². The third kappa shape index (κ3) is 4.94. The van der Waals surface area contributed by atoms with Crippen molar-refractivity contribution in [2.45, 2.75) is 50.3 Å². The summed E-state index contributed by atoms with van der Waals surface area (Å²) >= 11 is 0. The van der Waals surface area contributed by atoms with E-state index in [1.54, 1.807) is 6.07 Å². The molecule has 1 N–H and O–H groups in total. The highest BCUT2D eigenvalue weighted by Gasteiger charge is 2.19. The summed E-state index contributed by atoms with van der Waals surface area (Å²) in [5, 5.41) is 0. The van der Waals surface area contributed by atoms with Crippen LogP contribution in [0.5, 0.6) is 0 Å². The molecule has 1 aromatic rings. The number of piperidine rings is 1. The summed E-state index contributed by atoms with van der Waals surface area (Å²) < 4.78 is 27.6. The normalized spacial score (nSPS) is 19.0. The summed E-state index contributed by atoms with van der Waals surface area (Å²) in [4.78, 5) is 2.87. The van der Waals surface area contributed by atoms with Crippen molar-refractivity contribution in [3.8, 4) is 0 Å². The van der Waals surface area contributed by atoms with Gasteiger partial charge in [-0.2, -0.15) is 0 Å². The highest BCUT2D eigenvalue weighted by atomic mass is 35.5. The molecular weight excluding hydrogens is 344 g/mol. The molecule has 0 amide bonds. The second-order valence-corrected chi connectivity index (χ2v) is 8.83. The number of sulfonamides is 1. The average molecular weight is 373 g/mol. The first kappa shape index (κ1) is 19.7. The molecular formula is C18H29ClN2O2S. The summed E-state index contributed by atoms with van der Waals surface area (Å²) in [5.41, 5.74) is 2.51. The van der Waals surface area contributed by atoms with Crippen LogP contribution in [0.1, 0.15) is 43.7 Å². The van der Waals surface area contributed by atoms with Crippen molar-refractivity contribution < 1.29 is 8.42 Å². The van der Waals surface area contributed by atoms with E-state index in [2.05, 4.69) is 16.5 Å². The molecule has 0 spiro atoms. The highest BCUT2D eigenvalue weighted by molar-refractivity contribution is 7.89. The molecule has 0 aromatic heterocycles. The minimum Gasteiger partial charge on any atom is -0.303 e. The minimum absolute atomic E-state index is 0. The summed E-state index contributed by atoms with van der Waals surface area (Å²) in [5.74, 6) is 0.838. The van der Waals surface area contributed by atoms with Crippen LogP contribution in [0.2, 0.25) is 0 Å². The fourth-order valence-electron chi connectivity index (χ4n) is 3.59. The Morgan fingerprint density at radius 3 is 2.62 bits per heavy atom. The Bertz CT molecular complexity index is 640. The Kier molecular flexibility index (Phi) is 7.10. The number of nitrogens with zero attached hydrogens (tertiary/aromatic N) is 1. The largest absolute Gasteiger partial charge is 0.303 e. The van der Waals surface area contributed by atoms with Crippen LogP contribution in [-0.2, 0) is 22.9 Å². The van der Waals surface area contributed by atoms with Crippen molar-refractivity contribution in [2.75, 3.05) is 26.2 Å². The molecule has 2 aliphatic rings. The maximum atomic E-state index is 12.4. The second-order valence-electron chi connectivity index (χ2n) is 7.06. The van der Waals surface area contributed by atoms with E-state index in [0.717, 1.165) is 51.2 Å². The van der Waals surface area contributed by atoms with Crippen molar-refractivity contribution in [3.05, 3.63) is 29.3 Å². The lowest BCUT2D eigenvalue weighted by molar-refractivity contribution is 0.191. The Hall–Kier alpha value is -0.620. The van der Waals surface area contributed by atoms with Crippen LogP contribution >= 0.6 is 12.4 Å². The lowest BCUT2D eigenvalue weighted by atomic mass is 9.99. The number of rotatable bonds is 6. The number of fused-ring (bicyclic) bond motifs is 1. The molecule has 24 heavy (non-hydrogen) atoms. The minimum atomic E-state index is -3.36. The summed E-state index contributed by atoms with van der Waals surface area (Å²) in [7, 11) is -3.36. The molecule has 0 unspecified atom stereocenters. The van der Waals surface area contributed by atoms with Crippen LogP contribution in [-0.4, -0.2) is 39.5 Å². The standard InChI is InChI=1S/C18H28N2O2S.ClH/c1-15-8-12-20(13-9-15)11-3-10-19-23(21,22)18-7-6-16-4-2-5-17(16)14-18;/h6-7,14-15,19H,2-5,8-13H2,1H3;1H. The molecule has 1 fully saturated rings. The van der Waals surface area contributed by atoms with Gasteiger partial charge in [0, 0.05) is 6.54 Å². The van der Waals surface area contributed by atoms with Gasteiger partial charge in [-0.25, -0.2) is 13.1 Å². The molecule has 1 aromatic carbocycles. The lowest BCUT2D eigenvalue weighted by Crippen LogP contribution is -2.35. The number of aryl methyl sites for hydroxylation is 2. The number of benzene rings is 1. The van der Waals surface area contributed by atoms with E-state index in [0.29, 0.717) is 11.4 Å². The summed E-state index contributed by atoms with van der Waals surface area (Å²) in [6.45, 7) is 6.12. The van der Waals surface area contributed by atoms with Crippen molar-refractivity contribution >= 4 is 22.4 Å². The van der Waals surface area contributed by atoms with Crippen LogP contribution < -0.4 is 4.72 Å². The van der Waals surface area contributed by atoms with Gasteiger partial charge in [0.25, 0.3) is 0 Å².